The van der Waals surface area contributed by atoms with Crippen LogP contribution in [-0.2, 0) is 16.1 Å². The summed E-state index contributed by atoms with van der Waals surface area (Å²) in [5, 5.41) is 11.5. The highest BCUT2D eigenvalue weighted by molar-refractivity contribution is 5.69. The third-order valence-corrected chi connectivity index (χ3v) is 4.13. The molecule has 1 aromatic carbocycles. The van der Waals surface area contributed by atoms with Crippen LogP contribution >= 0.6 is 0 Å². The van der Waals surface area contributed by atoms with Gasteiger partial charge in [0.15, 0.2) is 12.4 Å². The van der Waals surface area contributed by atoms with Crippen molar-refractivity contribution in [2.24, 2.45) is 5.92 Å². The molecule has 22 heavy (non-hydrogen) atoms. The van der Waals surface area contributed by atoms with Crippen molar-refractivity contribution in [3.63, 3.8) is 0 Å². The number of rotatable bonds is 6. The third-order valence-electron chi connectivity index (χ3n) is 4.13. The lowest BCUT2D eigenvalue weighted by Crippen LogP contribution is -2.10. The number of carbonyl (C=O) groups excluding carboxylic acids is 1. The number of hydrogen-bond acceptors (Lipinski definition) is 5. The van der Waals surface area contributed by atoms with E-state index in [4.69, 9.17) is 4.74 Å². The first-order chi connectivity index (χ1) is 10.8. The predicted molar refractivity (Wildman–Crippen MR) is 80.1 cm³/mol. The van der Waals surface area contributed by atoms with Gasteiger partial charge in [-0.15, -0.1) is 5.10 Å². The molecule has 0 aliphatic heterocycles. The normalized spacial score (nSPS) is 15.1. The summed E-state index contributed by atoms with van der Waals surface area (Å²) in [6, 6.07) is 9.56. The van der Waals surface area contributed by atoms with Crippen LogP contribution in [0.3, 0.4) is 0 Å². The fourth-order valence-corrected chi connectivity index (χ4v) is 2.90. The monoisotopic (exact) mass is 300 g/mol. The Bertz CT molecular complexity index is 606. The van der Waals surface area contributed by atoms with Gasteiger partial charge in [-0.05, 0) is 34.9 Å². The Kier molecular flexibility index (Phi) is 4.78. The van der Waals surface area contributed by atoms with Gasteiger partial charge in [-0.3, -0.25) is 4.79 Å². The number of benzene rings is 1. The van der Waals surface area contributed by atoms with Crippen molar-refractivity contribution >= 4 is 5.97 Å². The van der Waals surface area contributed by atoms with E-state index < -0.39 is 0 Å². The molecule has 1 aliphatic carbocycles. The van der Waals surface area contributed by atoms with E-state index in [9.17, 15) is 4.79 Å². The number of ether oxygens (including phenoxy) is 1. The van der Waals surface area contributed by atoms with Gasteiger partial charge in [0.05, 0.1) is 5.69 Å². The largest absolute Gasteiger partial charge is 0.457 e. The van der Waals surface area contributed by atoms with Crippen molar-refractivity contribution in [3.8, 4) is 5.69 Å². The Hall–Kier alpha value is -2.24. The number of nitrogens with zero attached hydrogens (tertiary/aromatic N) is 4. The van der Waals surface area contributed by atoms with Gasteiger partial charge in [0.2, 0.25) is 0 Å². The summed E-state index contributed by atoms with van der Waals surface area (Å²) < 4.78 is 6.89. The Morgan fingerprint density at radius 2 is 2.00 bits per heavy atom. The maximum atomic E-state index is 11.8. The second kappa shape index (κ2) is 7.15. The van der Waals surface area contributed by atoms with E-state index in [0.29, 0.717) is 18.2 Å². The molecule has 0 unspecified atom stereocenters. The summed E-state index contributed by atoms with van der Waals surface area (Å²) in [5.41, 5.74) is 0.851. The first-order valence-corrected chi connectivity index (χ1v) is 7.81. The average molecular weight is 300 g/mol. The van der Waals surface area contributed by atoms with Gasteiger partial charge in [0, 0.05) is 6.42 Å². The zero-order valence-electron chi connectivity index (χ0n) is 12.5. The molecular weight excluding hydrogens is 280 g/mol. The number of hydrogen-bond donors (Lipinski definition) is 0. The zero-order chi connectivity index (χ0) is 15.2. The molecule has 3 rings (SSSR count). The summed E-state index contributed by atoms with van der Waals surface area (Å²) in [6.07, 6.45) is 6.51. The molecule has 0 N–H and O–H groups in total. The van der Waals surface area contributed by atoms with E-state index in [1.165, 1.54) is 25.7 Å². The second-order valence-corrected chi connectivity index (χ2v) is 5.69. The molecule has 1 aromatic heterocycles. The lowest BCUT2D eigenvalue weighted by molar-refractivity contribution is -0.145. The maximum Gasteiger partial charge on any atom is 0.306 e. The lowest BCUT2D eigenvalue weighted by Gasteiger charge is -2.08. The van der Waals surface area contributed by atoms with Crippen molar-refractivity contribution in [1.82, 2.24) is 20.2 Å². The van der Waals surface area contributed by atoms with Crippen LogP contribution in [0.25, 0.3) is 5.69 Å². The summed E-state index contributed by atoms with van der Waals surface area (Å²) in [5.74, 6) is 1.05. The molecule has 0 radical (unpaired) electrons. The second-order valence-electron chi connectivity index (χ2n) is 5.69. The highest BCUT2D eigenvalue weighted by atomic mass is 16.5. The first kappa shape index (κ1) is 14.7. The van der Waals surface area contributed by atoms with Crippen LogP contribution < -0.4 is 0 Å². The van der Waals surface area contributed by atoms with E-state index in [1.54, 1.807) is 4.68 Å². The van der Waals surface area contributed by atoms with Crippen molar-refractivity contribution in [1.29, 1.82) is 0 Å². The fourth-order valence-electron chi connectivity index (χ4n) is 2.90. The SMILES string of the molecule is O=C(CCC1CCCC1)OCc1nnnn1-c1ccccc1. The summed E-state index contributed by atoms with van der Waals surface area (Å²) in [6.45, 7) is 0.103. The number of tetrazole rings is 1. The van der Waals surface area contributed by atoms with Crippen molar-refractivity contribution in [3.05, 3.63) is 36.2 Å². The van der Waals surface area contributed by atoms with Gasteiger partial charge < -0.3 is 4.74 Å². The lowest BCUT2D eigenvalue weighted by atomic mass is 10.0. The average Bonchev–Trinajstić information content (AvgIpc) is 3.23. The van der Waals surface area contributed by atoms with Gasteiger partial charge in [0.25, 0.3) is 0 Å². The topological polar surface area (TPSA) is 69.9 Å². The Labute approximate surface area is 129 Å². The van der Waals surface area contributed by atoms with Crippen LogP contribution in [0.1, 0.15) is 44.3 Å². The van der Waals surface area contributed by atoms with Crippen molar-refractivity contribution in [2.75, 3.05) is 0 Å². The van der Waals surface area contributed by atoms with Crippen molar-refractivity contribution in [2.45, 2.75) is 45.1 Å². The van der Waals surface area contributed by atoms with E-state index in [0.717, 1.165) is 12.1 Å². The molecule has 2 aromatic rings. The molecule has 0 bridgehead atoms. The minimum absolute atomic E-state index is 0.103. The minimum atomic E-state index is -0.172. The highest BCUT2D eigenvalue weighted by Crippen LogP contribution is 2.28. The van der Waals surface area contributed by atoms with Crippen LogP contribution in [0.15, 0.2) is 30.3 Å². The molecule has 116 valence electrons. The number of esters is 1. The highest BCUT2D eigenvalue weighted by Gasteiger charge is 2.17. The van der Waals surface area contributed by atoms with Gasteiger partial charge in [-0.2, -0.15) is 4.68 Å². The molecule has 6 nitrogen and oxygen atoms in total. The number of aromatic nitrogens is 4. The smallest absolute Gasteiger partial charge is 0.306 e. The van der Waals surface area contributed by atoms with Gasteiger partial charge in [-0.25, -0.2) is 0 Å². The predicted octanol–water partition coefficient (Wildman–Crippen LogP) is 2.68. The molecule has 0 atom stereocenters. The first-order valence-electron chi connectivity index (χ1n) is 7.81. The standard InChI is InChI=1S/C16H20N4O2/c21-16(11-10-13-6-4-5-7-13)22-12-15-17-18-19-20(15)14-8-2-1-3-9-14/h1-3,8-9,13H,4-7,10-12H2. The summed E-state index contributed by atoms with van der Waals surface area (Å²) in [4.78, 5) is 11.8. The third kappa shape index (κ3) is 3.69. The van der Waals surface area contributed by atoms with Crippen molar-refractivity contribution < 1.29 is 9.53 Å². The molecule has 6 heteroatoms. The van der Waals surface area contributed by atoms with Crippen LogP contribution in [-0.4, -0.2) is 26.2 Å². The van der Waals surface area contributed by atoms with Crippen LogP contribution in [0, 0.1) is 5.92 Å². The fraction of sp³-hybridized carbons (Fsp3) is 0.500. The minimum Gasteiger partial charge on any atom is -0.457 e. The van der Waals surface area contributed by atoms with Crippen LogP contribution in [0.5, 0.6) is 0 Å². The Morgan fingerprint density at radius 1 is 1.23 bits per heavy atom. The Morgan fingerprint density at radius 3 is 2.77 bits per heavy atom. The maximum absolute atomic E-state index is 11.8. The number of carbonyl (C=O) groups is 1. The Balaban J connectivity index is 1.51. The van der Waals surface area contributed by atoms with E-state index in [2.05, 4.69) is 15.5 Å². The van der Waals surface area contributed by atoms with E-state index >= 15 is 0 Å². The molecular formula is C16H20N4O2. The molecule has 1 aliphatic rings. The molecule has 1 heterocycles. The van der Waals surface area contributed by atoms with Gasteiger partial charge in [0.1, 0.15) is 0 Å². The summed E-state index contributed by atoms with van der Waals surface area (Å²) >= 11 is 0. The van der Waals surface area contributed by atoms with E-state index in [1.807, 2.05) is 30.3 Å². The molecule has 0 amide bonds. The molecule has 1 fully saturated rings. The molecule has 0 saturated heterocycles. The van der Waals surface area contributed by atoms with Crippen LogP contribution in [0.4, 0.5) is 0 Å². The van der Waals surface area contributed by atoms with E-state index in [-0.39, 0.29) is 12.6 Å². The summed E-state index contributed by atoms with van der Waals surface area (Å²) in [7, 11) is 0. The zero-order valence-corrected chi connectivity index (χ0v) is 12.5. The quantitative estimate of drug-likeness (QED) is 0.767. The van der Waals surface area contributed by atoms with Crippen LogP contribution in [0.2, 0.25) is 0 Å². The number of para-hydroxylation sites is 1. The molecule has 1 saturated carbocycles. The van der Waals surface area contributed by atoms with Gasteiger partial charge in [-0.1, -0.05) is 43.9 Å². The van der Waals surface area contributed by atoms with Gasteiger partial charge >= 0.3 is 5.97 Å². The molecule has 0 spiro atoms.